The van der Waals surface area contributed by atoms with E-state index in [4.69, 9.17) is 10.2 Å². The zero-order valence-corrected chi connectivity index (χ0v) is 10.8. The maximum atomic E-state index is 8.98. The average Bonchev–Trinajstić information content (AvgIpc) is 2.89. The minimum absolute atomic E-state index is 0.0827. The van der Waals surface area contributed by atoms with Gasteiger partial charge in [-0.15, -0.1) is 0 Å². The van der Waals surface area contributed by atoms with Crippen molar-refractivity contribution in [2.45, 2.75) is 6.54 Å². The van der Waals surface area contributed by atoms with Gasteiger partial charge < -0.3 is 10.2 Å². The fourth-order valence-corrected chi connectivity index (χ4v) is 1.95. The number of aromatic nitrogens is 2. The molecular formula is C14H19N3O2. The predicted octanol–water partition coefficient (Wildman–Crippen LogP) is 0.659. The second-order valence-electron chi connectivity index (χ2n) is 4.31. The molecule has 0 unspecified atom stereocenters. The van der Waals surface area contributed by atoms with Crippen molar-refractivity contribution >= 4 is 0 Å². The van der Waals surface area contributed by atoms with E-state index in [0.717, 1.165) is 11.4 Å². The monoisotopic (exact) mass is 261 g/mol. The third-order valence-electron chi connectivity index (χ3n) is 2.88. The number of aliphatic hydroxyl groups is 2. The SMILES string of the molecule is OCCN(CCO)Cc1ccn(-c2ccccc2)n1. The summed E-state index contributed by atoms with van der Waals surface area (Å²) in [7, 11) is 0. The van der Waals surface area contributed by atoms with Gasteiger partial charge in [-0.05, 0) is 18.2 Å². The third-order valence-corrected chi connectivity index (χ3v) is 2.88. The number of para-hydroxylation sites is 1. The van der Waals surface area contributed by atoms with Crippen molar-refractivity contribution in [2.24, 2.45) is 0 Å². The van der Waals surface area contributed by atoms with Gasteiger partial charge >= 0.3 is 0 Å². The van der Waals surface area contributed by atoms with E-state index in [2.05, 4.69) is 5.10 Å². The Balaban J connectivity index is 2.04. The molecule has 0 aliphatic rings. The van der Waals surface area contributed by atoms with E-state index in [0.29, 0.717) is 19.6 Å². The minimum Gasteiger partial charge on any atom is -0.395 e. The number of rotatable bonds is 7. The number of benzene rings is 1. The summed E-state index contributed by atoms with van der Waals surface area (Å²) in [5.41, 5.74) is 1.94. The Morgan fingerprint density at radius 2 is 1.68 bits per heavy atom. The Morgan fingerprint density at radius 3 is 2.32 bits per heavy atom. The van der Waals surface area contributed by atoms with Crippen molar-refractivity contribution in [3.05, 3.63) is 48.3 Å². The summed E-state index contributed by atoms with van der Waals surface area (Å²) in [6.45, 7) is 1.87. The molecule has 0 atom stereocenters. The summed E-state index contributed by atoms with van der Waals surface area (Å²) >= 11 is 0. The average molecular weight is 261 g/mol. The van der Waals surface area contributed by atoms with Gasteiger partial charge in [0.05, 0.1) is 24.6 Å². The lowest BCUT2D eigenvalue weighted by molar-refractivity contribution is 0.154. The van der Waals surface area contributed by atoms with Crippen molar-refractivity contribution in [3.63, 3.8) is 0 Å². The zero-order valence-electron chi connectivity index (χ0n) is 10.8. The number of hydrogen-bond acceptors (Lipinski definition) is 4. The van der Waals surface area contributed by atoms with Crippen LogP contribution in [0.25, 0.3) is 5.69 Å². The van der Waals surface area contributed by atoms with Crippen LogP contribution < -0.4 is 0 Å². The minimum atomic E-state index is 0.0827. The van der Waals surface area contributed by atoms with Crippen LogP contribution in [0.15, 0.2) is 42.6 Å². The van der Waals surface area contributed by atoms with E-state index in [-0.39, 0.29) is 13.2 Å². The smallest absolute Gasteiger partial charge is 0.0769 e. The standard InChI is InChI=1S/C14H19N3O2/c18-10-8-16(9-11-19)12-13-6-7-17(15-13)14-4-2-1-3-5-14/h1-7,18-19H,8-12H2. The van der Waals surface area contributed by atoms with Crippen molar-refractivity contribution in [1.82, 2.24) is 14.7 Å². The van der Waals surface area contributed by atoms with Gasteiger partial charge in [0.1, 0.15) is 0 Å². The largest absolute Gasteiger partial charge is 0.395 e. The first kappa shape index (κ1) is 13.7. The first-order valence-corrected chi connectivity index (χ1v) is 6.37. The number of nitrogens with zero attached hydrogens (tertiary/aromatic N) is 3. The van der Waals surface area contributed by atoms with Gasteiger partial charge in [-0.3, -0.25) is 4.90 Å². The summed E-state index contributed by atoms with van der Waals surface area (Å²) in [6, 6.07) is 11.9. The maximum absolute atomic E-state index is 8.98. The molecule has 1 aromatic carbocycles. The highest BCUT2D eigenvalue weighted by atomic mass is 16.3. The summed E-state index contributed by atoms with van der Waals surface area (Å²) in [5.74, 6) is 0. The molecule has 1 aromatic heterocycles. The molecular weight excluding hydrogens is 242 g/mol. The van der Waals surface area contributed by atoms with E-state index in [1.54, 1.807) is 0 Å². The molecule has 0 amide bonds. The van der Waals surface area contributed by atoms with Crippen molar-refractivity contribution in [3.8, 4) is 5.69 Å². The van der Waals surface area contributed by atoms with Gasteiger partial charge in [0.2, 0.25) is 0 Å². The molecule has 0 saturated carbocycles. The van der Waals surface area contributed by atoms with Crippen LogP contribution in [0.5, 0.6) is 0 Å². The summed E-state index contributed by atoms with van der Waals surface area (Å²) in [6.07, 6.45) is 1.92. The molecule has 0 spiro atoms. The van der Waals surface area contributed by atoms with Gasteiger partial charge in [0.15, 0.2) is 0 Å². The van der Waals surface area contributed by atoms with Gasteiger partial charge in [-0.1, -0.05) is 18.2 Å². The van der Waals surface area contributed by atoms with Crippen LogP contribution in [0.4, 0.5) is 0 Å². The lowest BCUT2D eigenvalue weighted by atomic mass is 10.3. The Bertz CT molecular complexity index is 478. The molecule has 2 rings (SSSR count). The molecule has 5 heteroatoms. The molecule has 0 fully saturated rings. The summed E-state index contributed by atoms with van der Waals surface area (Å²) < 4.78 is 1.82. The highest BCUT2D eigenvalue weighted by Gasteiger charge is 2.07. The molecule has 0 aliphatic carbocycles. The Labute approximate surface area is 112 Å². The van der Waals surface area contributed by atoms with Gasteiger partial charge in [-0.2, -0.15) is 5.10 Å². The number of hydrogen-bond donors (Lipinski definition) is 2. The van der Waals surface area contributed by atoms with Crippen LogP contribution in [0.1, 0.15) is 5.69 Å². The molecule has 0 radical (unpaired) electrons. The fraction of sp³-hybridized carbons (Fsp3) is 0.357. The quantitative estimate of drug-likeness (QED) is 0.768. The second kappa shape index (κ2) is 7.04. The Morgan fingerprint density at radius 1 is 1.00 bits per heavy atom. The maximum Gasteiger partial charge on any atom is 0.0769 e. The molecule has 19 heavy (non-hydrogen) atoms. The second-order valence-corrected chi connectivity index (χ2v) is 4.31. The molecule has 0 saturated heterocycles. The van der Waals surface area contributed by atoms with E-state index < -0.39 is 0 Å². The topological polar surface area (TPSA) is 61.5 Å². The fourth-order valence-electron chi connectivity index (χ4n) is 1.95. The molecule has 2 aromatic rings. The Hall–Kier alpha value is -1.69. The zero-order chi connectivity index (χ0) is 13.5. The lowest BCUT2D eigenvalue weighted by Gasteiger charge is -2.18. The Kier molecular flexibility index (Phi) is 5.09. The van der Waals surface area contributed by atoms with Crippen LogP contribution in [0.2, 0.25) is 0 Å². The van der Waals surface area contributed by atoms with Crippen LogP contribution >= 0.6 is 0 Å². The van der Waals surface area contributed by atoms with Crippen LogP contribution in [0.3, 0.4) is 0 Å². The lowest BCUT2D eigenvalue weighted by Crippen LogP contribution is -2.29. The highest BCUT2D eigenvalue weighted by molar-refractivity contribution is 5.30. The van der Waals surface area contributed by atoms with Crippen molar-refractivity contribution < 1.29 is 10.2 Å². The summed E-state index contributed by atoms with van der Waals surface area (Å²) in [4.78, 5) is 1.97. The van der Waals surface area contributed by atoms with E-state index in [1.165, 1.54) is 0 Å². The first-order valence-electron chi connectivity index (χ1n) is 6.37. The van der Waals surface area contributed by atoms with Crippen molar-refractivity contribution in [1.29, 1.82) is 0 Å². The molecule has 0 bridgehead atoms. The molecule has 5 nitrogen and oxygen atoms in total. The number of aliphatic hydroxyl groups excluding tert-OH is 2. The molecule has 0 aliphatic heterocycles. The van der Waals surface area contributed by atoms with Gasteiger partial charge in [-0.25, -0.2) is 4.68 Å². The van der Waals surface area contributed by atoms with E-state index in [9.17, 15) is 0 Å². The normalized spacial score (nSPS) is 11.1. The van der Waals surface area contributed by atoms with E-state index in [1.807, 2.05) is 52.2 Å². The molecule has 2 N–H and O–H groups in total. The van der Waals surface area contributed by atoms with Crippen LogP contribution in [-0.2, 0) is 6.54 Å². The van der Waals surface area contributed by atoms with Gasteiger partial charge in [0, 0.05) is 25.8 Å². The predicted molar refractivity (Wildman–Crippen MR) is 73.0 cm³/mol. The molecule has 1 heterocycles. The van der Waals surface area contributed by atoms with Gasteiger partial charge in [0.25, 0.3) is 0 Å². The highest BCUT2D eigenvalue weighted by Crippen LogP contribution is 2.08. The summed E-state index contributed by atoms with van der Waals surface area (Å²) in [5, 5.41) is 22.4. The molecule has 102 valence electrons. The van der Waals surface area contributed by atoms with Crippen LogP contribution in [0, 0.1) is 0 Å². The van der Waals surface area contributed by atoms with Crippen molar-refractivity contribution in [2.75, 3.05) is 26.3 Å². The first-order chi connectivity index (χ1) is 9.33. The third kappa shape index (κ3) is 3.89. The van der Waals surface area contributed by atoms with E-state index >= 15 is 0 Å². The van der Waals surface area contributed by atoms with Crippen LogP contribution in [-0.4, -0.2) is 51.2 Å².